The van der Waals surface area contributed by atoms with Crippen molar-refractivity contribution in [3.05, 3.63) is 41.3 Å². The molecule has 21 heavy (non-hydrogen) atoms. The van der Waals surface area contributed by atoms with E-state index in [-0.39, 0.29) is 17.3 Å². The zero-order chi connectivity index (χ0) is 15.6. The first-order chi connectivity index (χ1) is 9.82. The van der Waals surface area contributed by atoms with E-state index in [1.54, 1.807) is 6.92 Å². The quantitative estimate of drug-likeness (QED) is 0.912. The molecule has 0 aliphatic carbocycles. The number of aryl methyl sites for hydroxylation is 1. The first kappa shape index (κ1) is 14.9. The van der Waals surface area contributed by atoms with Gasteiger partial charge in [0.25, 0.3) is 5.91 Å². The summed E-state index contributed by atoms with van der Waals surface area (Å²) >= 11 is 0. The fourth-order valence-electron chi connectivity index (χ4n) is 1.82. The number of benzene rings is 1. The minimum absolute atomic E-state index is 0.0723. The number of halogens is 3. The molecule has 112 valence electrons. The van der Waals surface area contributed by atoms with E-state index in [4.69, 9.17) is 4.42 Å². The molecule has 0 bridgehead atoms. The van der Waals surface area contributed by atoms with E-state index < -0.39 is 17.6 Å². The van der Waals surface area contributed by atoms with Crippen molar-refractivity contribution in [2.45, 2.75) is 13.1 Å². The van der Waals surface area contributed by atoms with Gasteiger partial charge in [-0.15, -0.1) is 0 Å². The van der Waals surface area contributed by atoms with Crippen molar-refractivity contribution in [2.24, 2.45) is 0 Å². The van der Waals surface area contributed by atoms with Crippen molar-refractivity contribution in [3.63, 3.8) is 0 Å². The monoisotopic (exact) mass is 299 g/mol. The Morgan fingerprint density at radius 3 is 2.57 bits per heavy atom. The lowest BCUT2D eigenvalue weighted by Gasteiger charge is -2.15. The van der Waals surface area contributed by atoms with Gasteiger partial charge in [-0.05, 0) is 19.1 Å². The van der Waals surface area contributed by atoms with Crippen LogP contribution in [0, 0.1) is 6.92 Å². The Morgan fingerprint density at radius 2 is 2.05 bits per heavy atom. The molecule has 0 saturated heterocycles. The summed E-state index contributed by atoms with van der Waals surface area (Å²) in [6.07, 6.45) is -3.24. The third-order valence-corrected chi connectivity index (χ3v) is 2.70. The lowest BCUT2D eigenvalue weighted by Crippen LogP contribution is -2.17. The molecule has 0 saturated carbocycles. The number of hydrogen-bond donors (Lipinski definition) is 2. The van der Waals surface area contributed by atoms with Gasteiger partial charge in [0, 0.05) is 7.05 Å². The zero-order valence-corrected chi connectivity index (χ0v) is 11.2. The molecule has 5 nitrogen and oxygen atoms in total. The smallest absolute Gasteiger partial charge is 0.418 e. The van der Waals surface area contributed by atoms with Crippen molar-refractivity contribution < 1.29 is 22.4 Å². The van der Waals surface area contributed by atoms with Gasteiger partial charge < -0.3 is 9.73 Å². The van der Waals surface area contributed by atoms with Gasteiger partial charge >= 0.3 is 12.2 Å². The minimum atomic E-state index is -4.56. The number of carbonyl (C=O) groups is 1. The number of rotatable bonds is 3. The number of aromatic nitrogens is 1. The summed E-state index contributed by atoms with van der Waals surface area (Å²) in [5.74, 6) is -0.743. The van der Waals surface area contributed by atoms with Crippen LogP contribution in [0.25, 0.3) is 0 Å². The average molecular weight is 299 g/mol. The Hall–Kier alpha value is -2.51. The normalized spacial score (nSPS) is 11.3. The number of amides is 1. The number of nitrogens with zero attached hydrogens (tertiary/aromatic N) is 1. The summed E-state index contributed by atoms with van der Waals surface area (Å²) in [4.78, 5) is 15.9. The Kier molecular flexibility index (Phi) is 3.88. The van der Waals surface area contributed by atoms with Crippen LogP contribution >= 0.6 is 0 Å². The predicted octanol–water partition coefficient (Wildman–Crippen LogP) is 3.30. The molecule has 1 heterocycles. The van der Waals surface area contributed by atoms with Crippen LogP contribution in [0.4, 0.5) is 24.9 Å². The standard InChI is InChI=1S/C13H12F3N3O2/c1-7-6-21-12(18-7)19-11(20)8-4-3-5-9(10(8)17-2)13(14,15)16/h3-6,17H,1-2H3,(H,18,19,20). The SMILES string of the molecule is CNc1c(C(=O)Nc2nc(C)co2)cccc1C(F)(F)F. The molecule has 0 atom stereocenters. The number of carbonyl (C=O) groups excluding carboxylic acids is 1. The van der Waals surface area contributed by atoms with Crippen LogP contribution in [0.1, 0.15) is 21.6 Å². The molecule has 1 amide bonds. The molecule has 2 rings (SSSR count). The summed E-state index contributed by atoms with van der Waals surface area (Å²) < 4.78 is 43.7. The second-order valence-electron chi connectivity index (χ2n) is 4.22. The maximum absolute atomic E-state index is 12.9. The predicted molar refractivity (Wildman–Crippen MR) is 70.2 cm³/mol. The second kappa shape index (κ2) is 5.47. The van der Waals surface area contributed by atoms with Crippen molar-refractivity contribution in [1.29, 1.82) is 0 Å². The van der Waals surface area contributed by atoms with Crippen molar-refractivity contribution in [3.8, 4) is 0 Å². The van der Waals surface area contributed by atoms with Crippen molar-refractivity contribution >= 4 is 17.6 Å². The molecule has 0 radical (unpaired) electrons. The van der Waals surface area contributed by atoms with E-state index in [1.165, 1.54) is 25.4 Å². The van der Waals surface area contributed by atoms with Crippen LogP contribution in [-0.2, 0) is 6.18 Å². The van der Waals surface area contributed by atoms with Crippen LogP contribution in [0.3, 0.4) is 0 Å². The summed E-state index contributed by atoms with van der Waals surface area (Å²) in [7, 11) is 1.32. The number of oxazole rings is 1. The Bertz CT molecular complexity index is 665. The van der Waals surface area contributed by atoms with Crippen LogP contribution in [0.15, 0.2) is 28.9 Å². The highest BCUT2D eigenvalue weighted by atomic mass is 19.4. The first-order valence-electron chi connectivity index (χ1n) is 5.94. The van der Waals surface area contributed by atoms with E-state index in [0.29, 0.717) is 5.69 Å². The van der Waals surface area contributed by atoms with Gasteiger partial charge in [-0.25, -0.2) is 0 Å². The Labute approximate surface area is 118 Å². The molecule has 0 aliphatic rings. The highest BCUT2D eigenvalue weighted by molar-refractivity contribution is 6.07. The fourth-order valence-corrected chi connectivity index (χ4v) is 1.82. The highest BCUT2D eigenvalue weighted by Gasteiger charge is 2.35. The van der Waals surface area contributed by atoms with Gasteiger partial charge in [0.05, 0.1) is 22.5 Å². The molecule has 0 aliphatic heterocycles. The summed E-state index contributed by atoms with van der Waals surface area (Å²) in [5, 5.41) is 4.72. The Morgan fingerprint density at radius 1 is 1.33 bits per heavy atom. The summed E-state index contributed by atoms with van der Waals surface area (Å²) in [6.45, 7) is 1.66. The van der Waals surface area contributed by atoms with Crippen LogP contribution in [0.2, 0.25) is 0 Å². The third-order valence-electron chi connectivity index (χ3n) is 2.70. The van der Waals surface area contributed by atoms with Crippen LogP contribution in [0.5, 0.6) is 0 Å². The molecule has 0 unspecified atom stereocenters. The van der Waals surface area contributed by atoms with Crippen LogP contribution < -0.4 is 10.6 Å². The maximum Gasteiger partial charge on any atom is 0.418 e. The van der Waals surface area contributed by atoms with Gasteiger partial charge in [0.1, 0.15) is 6.26 Å². The molecule has 8 heteroatoms. The van der Waals surface area contributed by atoms with Gasteiger partial charge in [-0.2, -0.15) is 18.2 Å². The molecule has 2 aromatic rings. The van der Waals surface area contributed by atoms with Crippen LogP contribution in [-0.4, -0.2) is 17.9 Å². The van der Waals surface area contributed by atoms with Crippen molar-refractivity contribution in [2.75, 3.05) is 17.7 Å². The van der Waals surface area contributed by atoms with Gasteiger partial charge in [-0.1, -0.05) is 6.07 Å². The molecule has 0 spiro atoms. The van der Waals surface area contributed by atoms with Gasteiger partial charge in [0.2, 0.25) is 0 Å². The molecule has 1 aromatic heterocycles. The number of nitrogens with one attached hydrogen (secondary N) is 2. The lowest BCUT2D eigenvalue weighted by molar-refractivity contribution is -0.136. The third kappa shape index (κ3) is 3.15. The van der Waals surface area contributed by atoms with Crippen molar-refractivity contribution in [1.82, 2.24) is 4.98 Å². The van der Waals surface area contributed by atoms with E-state index in [9.17, 15) is 18.0 Å². The molecular formula is C13H12F3N3O2. The maximum atomic E-state index is 12.9. The Balaban J connectivity index is 2.37. The van der Waals surface area contributed by atoms with E-state index >= 15 is 0 Å². The zero-order valence-electron chi connectivity index (χ0n) is 11.2. The highest BCUT2D eigenvalue weighted by Crippen LogP contribution is 2.36. The minimum Gasteiger partial charge on any atom is -0.432 e. The first-order valence-corrected chi connectivity index (χ1v) is 5.94. The average Bonchev–Trinajstić information content (AvgIpc) is 2.82. The lowest BCUT2D eigenvalue weighted by atomic mass is 10.1. The van der Waals surface area contributed by atoms with E-state index in [2.05, 4.69) is 15.6 Å². The largest absolute Gasteiger partial charge is 0.432 e. The van der Waals surface area contributed by atoms with E-state index in [0.717, 1.165) is 6.07 Å². The number of para-hydroxylation sites is 1. The van der Waals surface area contributed by atoms with E-state index in [1.807, 2.05) is 0 Å². The number of alkyl halides is 3. The molecule has 0 fully saturated rings. The summed E-state index contributed by atoms with van der Waals surface area (Å²) in [5.41, 5.74) is -0.821. The molecule has 1 aromatic carbocycles. The molecule has 2 N–H and O–H groups in total. The van der Waals surface area contributed by atoms with Gasteiger partial charge in [0.15, 0.2) is 0 Å². The number of anilines is 2. The second-order valence-corrected chi connectivity index (χ2v) is 4.22. The van der Waals surface area contributed by atoms with Gasteiger partial charge in [-0.3, -0.25) is 10.1 Å². The topological polar surface area (TPSA) is 67.2 Å². The number of hydrogen-bond acceptors (Lipinski definition) is 4. The molecular weight excluding hydrogens is 287 g/mol. The fraction of sp³-hybridized carbons (Fsp3) is 0.231. The summed E-state index contributed by atoms with van der Waals surface area (Å²) in [6, 6.07) is 3.28.